The van der Waals surface area contributed by atoms with Crippen molar-refractivity contribution in [3.05, 3.63) is 48.0 Å². The lowest BCUT2D eigenvalue weighted by atomic mass is 10.1. The first-order chi connectivity index (χ1) is 13.5. The zero-order chi connectivity index (χ0) is 19.7. The molecule has 0 aliphatic carbocycles. The fraction of sp³-hybridized carbons (Fsp3) is 0.250. The molecule has 1 N–H and O–H groups in total. The van der Waals surface area contributed by atoms with Crippen LogP contribution in [0, 0.1) is 0 Å². The molecule has 4 rings (SSSR count). The number of para-hydroxylation sites is 2. The molecule has 0 radical (unpaired) electrons. The first-order valence-corrected chi connectivity index (χ1v) is 8.70. The molecule has 2 aromatic rings. The monoisotopic (exact) mass is 383 g/mol. The summed E-state index contributed by atoms with van der Waals surface area (Å²) in [5.41, 5.74) is 0.694. The highest BCUT2D eigenvalue weighted by Gasteiger charge is 2.35. The number of Topliss-reactive ketones (excluding diaryl/α,β-unsaturated/α-hetero) is 1. The molecule has 0 saturated heterocycles. The second kappa shape index (κ2) is 7.22. The minimum Gasteiger partial charge on any atom is -0.482 e. The molecule has 0 aromatic heterocycles. The molecule has 2 aromatic carbocycles. The highest BCUT2D eigenvalue weighted by Crippen LogP contribution is 2.33. The summed E-state index contributed by atoms with van der Waals surface area (Å²) in [4.78, 5) is 36.1. The van der Waals surface area contributed by atoms with Crippen molar-refractivity contribution in [2.45, 2.75) is 19.1 Å². The Morgan fingerprint density at radius 2 is 1.86 bits per heavy atom. The van der Waals surface area contributed by atoms with Crippen LogP contribution in [-0.4, -0.2) is 43.1 Å². The summed E-state index contributed by atoms with van der Waals surface area (Å²) >= 11 is 0. The predicted octanol–water partition coefficient (Wildman–Crippen LogP) is 1.97. The van der Waals surface area contributed by atoms with Gasteiger partial charge in [-0.3, -0.25) is 9.59 Å². The van der Waals surface area contributed by atoms with Crippen molar-refractivity contribution in [1.29, 1.82) is 0 Å². The van der Waals surface area contributed by atoms with Gasteiger partial charge < -0.3 is 24.3 Å². The van der Waals surface area contributed by atoms with Gasteiger partial charge in [-0.25, -0.2) is 4.79 Å². The molecule has 2 aliphatic heterocycles. The molecule has 144 valence electrons. The SMILES string of the molecule is C[C@@H]1Oc2ccccc2O[C@H]1C(=O)OCC(=O)c1ccc2c(c1)NC(=O)CO2. The maximum absolute atomic E-state index is 12.4. The molecular formula is C20H17NO7. The van der Waals surface area contributed by atoms with Crippen molar-refractivity contribution in [3.8, 4) is 17.2 Å². The van der Waals surface area contributed by atoms with Crippen LogP contribution in [0.3, 0.4) is 0 Å². The van der Waals surface area contributed by atoms with Gasteiger partial charge in [0.05, 0.1) is 5.69 Å². The Labute approximate surface area is 160 Å². The van der Waals surface area contributed by atoms with E-state index in [4.69, 9.17) is 18.9 Å². The fourth-order valence-corrected chi connectivity index (χ4v) is 2.94. The van der Waals surface area contributed by atoms with E-state index in [0.717, 1.165) is 0 Å². The van der Waals surface area contributed by atoms with Crippen molar-refractivity contribution < 1.29 is 33.3 Å². The van der Waals surface area contributed by atoms with Crippen LogP contribution in [0.15, 0.2) is 42.5 Å². The summed E-state index contributed by atoms with van der Waals surface area (Å²) < 4.78 is 21.7. The largest absolute Gasteiger partial charge is 0.482 e. The number of benzene rings is 2. The summed E-state index contributed by atoms with van der Waals surface area (Å²) in [6.07, 6.45) is -1.53. The van der Waals surface area contributed by atoms with Crippen LogP contribution < -0.4 is 19.5 Å². The van der Waals surface area contributed by atoms with Gasteiger partial charge in [0.25, 0.3) is 5.91 Å². The van der Waals surface area contributed by atoms with E-state index in [1.807, 2.05) is 0 Å². The molecule has 1 amide bonds. The number of ketones is 1. The average molecular weight is 383 g/mol. The number of fused-ring (bicyclic) bond motifs is 2. The predicted molar refractivity (Wildman–Crippen MR) is 96.8 cm³/mol. The number of carbonyl (C=O) groups excluding carboxylic acids is 3. The number of amides is 1. The van der Waals surface area contributed by atoms with Gasteiger partial charge in [0, 0.05) is 5.56 Å². The molecule has 2 atom stereocenters. The van der Waals surface area contributed by atoms with Crippen molar-refractivity contribution in [3.63, 3.8) is 0 Å². The Bertz CT molecular complexity index is 955. The lowest BCUT2D eigenvalue weighted by Crippen LogP contribution is -2.44. The standard InChI is InChI=1S/C20H17NO7/c1-11-19(28-17-5-3-2-4-16(17)27-11)20(24)26-9-14(22)12-6-7-15-13(8-12)21-18(23)10-25-15/h2-8,11,19H,9-10H2,1H3,(H,21,23)/t11-,19+/m0/s1. The molecular weight excluding hydrogens is 366 g/mol. The first kappa shape index (κ1) is 17.8. The number of rotatable bonds is 4. The summed E-state index contributed by atoms with van der Waals surface area (Å²) in [5.74, 6) is 0.0686. The minimum atomic E-state index is -0.973. The highest BCUT2D eigenvalue weighted by molar-refractivity contribution is 6.01. The van der Waals surface area contributed by atoms with E-state index in [2.05, 4.69) is 5.32 Å². The summed E-state index contributed by atoms with van der Waals surface area (Å²) in [7, 11) is 0. The average Bonchev–Trinajstić information content (AvgIpc) is 2.70. The molecule has 0 spiro atoms. The third kappa shape index (κ3) is 3.48. The maximum atomic E-state index is 12.4. The zero-order valence-corrected chi connectivity index (χ0v) is 15.0. The van der Waals surface area contributed by atoms with Crippen LogP contribution in [0.25, 0.3) is 0 Å². The van der Waals surface area contributed by atoms with Crippen molar-refractivity contribution in [2.75, 3.05) is 18.5 Å². The van der Waals surface area contributed by atoms with E-state index in [1.165, 1.54) is 6.07 Å². The maximum Gasteiger partial charge on any atom is 0.351 e. The number of ether oxygens (including phenoxy) is 4. The van der Waals surface area contributed by atoms with Crippen molar-refractivity contribution in [1.82, 2.24) is 0 Å². The van der Waals surface area contributed by atoms with Gasteiger partial charge in [-0.2, -0.15) is 0 Å². The number of hydrogen-bond acceptors (Lipinski definition) is 7. The lowest BCUT2D eigenvalue weighted by molar-refractivity contribution is -0.156. The van der Waals surface area contributed by atoms with Crippen molar-refractivity contribution >= 4 is 23.3 Å². The van der Waals surface area contributed by atoms with Crippen LogP contribution in [0.4, 0.5) is 5.69 Å². The van der Waals surface area contributed by atoms with Gasteiger partial charge in [-0.15, -0.1) is 0 Å². The summed E-state index contributed by atoms with van der Waals surface area (Å²) in [6, 6.07) is 11.6. The van der Waals surface area contributed by atoms with Gasteiger partial charge >= 0.3 is 5.97 Å². The van der Waals surface area contributed by atoms with Crippen LogP contribution in [-0.2, 0) is 14.3 Å². The molecule has 8 heteroatoms. The van der Waals surface area contributed by atoms with Crippen LogP contribution in [0.1, 0.15) is 17.3 Å². The lowest BCUT2D eigenvalue weighted by Gasteiger charge is -2.30. The van der Waals surface area contributed by atoms with Gasteiger partial charge in [0.15, 0.2) is 30.5 Å². The van der Waals surface area contributed by atoms with E-state index < -0.39 is 30.6 Å². The molecule has 2 heterocycles. The number of nitrogens with one attached hydrogen (secondary N) is 1. The Kier molecular flexibility index (Phi) is 4.60. The molecule has 8 nitrogen and oxygen atoms in total. The molecule has 0 unspecified atom stereocenters. The van der Waals surface area contributed by atoms with E-state index in [9.17, 15) is 14.4 Å². The summed E-state index contributed by atoms with van der Waals surface area (Å²) in [5, 5.41) is 2.63. The number of anilines is 1. The Morgan fingerprint density at radius 3 is 2.64 bits per heavy atom. The molecule has 0 fully saturated rings. The topological polar surface area (TPSA) is 100 Å². The van der Waals surface area contributed by atoms with Crippen LogP contribution in [0.2, 0.25) is 0 Å². The third-order valence-corrected chi connectivity index (χ3v) is 4.35. The van der Waals surface area contributed by atoms with E-state index in [0.29, 0.717) is 22.9 Å². The number of carbonyl (C=O) groups is 3. The Balaban J connectivity index is 1.39. The number of esters is 1. The molecule has 28 heavy (non-hydrogen) atoms. The van der Waals surface area contributed by atoms with E-state index in [-0.39, 0.29) is 18.1 Å². The van der Waals surface area contributed by atoms with Crippen molar-refractivity contribution in [2.24, 2.45) is 0 Å². The van der Waals surface area contributed by atoms with E-state index >= 15 is 0 Å². The highest BCUT2D eigenvalue weighted by atomic mass is 16.6. The van der Waals surface area contributed by atoms with Gasteiger partial charge in [-0.05, 0) is 37.3 Å². The fourth-order valence-electron chi connectivity index (χ4n) is 2.94. The third-order valence-electron chi connectivity index (χ3n) is 4.35. The van der Waals surface area contributed by atoms with Crippen LogP contribution >= 0.6 is 0 Å². The zero-order valence-electron chi connectivity index (χ0n) is 15.0. The quantitative estimate of drug-likeness (QED) is 0.636. The van der Waals surface area contributed by atoms with Gasteiger partial charge in [-0.1, -0.05) is 12.1 Å². The van der Waals surface area contributed by atoms with Gasteiger partial charge in [0.1, 0.15) is 11.9 Å². The normalized spacial score (nSPS) is 19.7. The second-order valence-electron chi connectivity index (χ2n) is 6.39. The Morgan fingerprint density at radius 1 is 1.11 bits per heavy atom. The smallest absolute Gasteiger partial charge is 0.351 e. The summed E-state index contributed by atoms with van der Waals surface area (Å²) in [6.45, 7) is 1.17. The molecule has 0 saturated carbocycles. The first-order valence-electron chi connectivity index (χ1n) is 8.70. The van der Waals surface area contributed by atoms with Gasteiger partial charge in [0.2, 0.25) is 6.10 Å². The molecule has 0 bridgehead atoms. The van der Waals surface area contributed by atoms with Crippen LogP contribution in [0.5, 0.6) is 17.2 Å². The second-order valence-corrected chi connectivity index (χ2v) is 6.39. The number of hydrogen-bond donors (Lipinski definition) is 1. The van der Waals surface area contributed by atoms with E-state index in [1.54, 1.807) is 43.3 Å². The molecule has 2 aliphatic rings. The minimum absolute atomic E-state index is 0.0668. The Hall–Kier alpha value is -3.55.